The van der Waals surface area contributed by atoms with Crippen molar-refractivity contribution in [2.24, 2.45) is 7.05 Å². The van der Waals surface area contributed by atoms with E-state index in [1.165, 1.54) is 10.9 Å². The number of para-hydroxylation sites is 1. The van der Waals surface area contributed by atoms with E-state index in [2.05, 4.69) is 10.4 Å². The molecule has 0 atom stereocenters. The standard InChI is InChI=1S/C11H8Cl3N3O/c1-17-10(8(14)5-15-17)11(18)16-9-6(12)3-2-4-7(9)13/h2-5H,1H3,(H,16,18). The highest BCUT2D eigenvalue weighted by atomic mass is 35.5. The molecule has 0 aliphatic carbocycles. The van der Waals surface area contributed by atoms with Crippen LogP contribution in [0, 0.1) is 0 Å². The molecule has 0 unspecified atom stereocenters. The summed E-state index contributed by atoms with van der Waals surface area (Å²) in [5.41, 5.74) is 0.593. The molecule has 18 heavy (non-hydrogen) atoms. The van der Waals surface area contributed by atoms with E-state index in [0.29, 0.717) is 15.7 Å². The van der Waals surface area contributed by atoms with Gasteiger partial charge in [-0.05, 0) is 12.1 Å². The van der Waals surface area contributed by atoms with Crippen LogP contribution in [0.2, 0.25) is 15.1 Å². The lowest BCUT2D eigenvalue weighted by molar-refractivity contribution is 0.101. The second-order valence-corrected chi connectivity index (χ2v) is 4.74. The van der Waals surface area contributed by atoms with E-state index < -0.39 is 5.91 Å². The Balaban J connectivity index is 2.33. The molecule has 0 bridgehead atoms. The van der Waals surface area contributed by atoms with Crippen LogP contribution in [0.15, 0.2) is 24.4 Å². The first-order chi connectivity index (χ1) is 8.50. The SMILES string of the molecule is Cn1ncc(Cl)c1C(=O)Nc1c(Cl)cccc1Cl. The third kappa shape index (κ3) is 2.46. The summed E-state index contributed by atoms with van der Waals surface area (Å²) in [5, 5.41) is 7.47. The van der Waals surface area contributed by atoms with Gasteiger partial charge in [-0.2, -0.15) is 5.10 Å². The maximum atomic E-state index is 12.0. The Labute approximate surface area is 118 Å². The number of halogens is 3. The molecule has 94 valence electrons. The fourth-order valence-corrected chi connectivity index (χ4v) is 2.20. The predicted octanol–water partition coefficient (Wildman–Crippen LogP) is 3.63. The number of aryl methyl sites for hydroxylation is 1. The Morgan fingerprint density at radius 2 is 1.83 bits per heavy atom. The lowest BCUT2D eigenvalue weighted by atomic mass is 10.3. The molecule has 0 aliphatic rings. The van der Waals surface area contributed by atoms with Crippen molar-refractivity contribution in [3.8, 4) is 0 Å². The number of rotatable bonds is 2. The highest BCUT2D eigenvalue weighted by Crippen LogP contribution is 2.30. The summed E-state index contributed by atoms with van der Waals surface area (Å²) in [4.78, 5) is 12.0. The molecule has 1 aromatic carbocycles. The Bertz CT molecular complexity index is 570. The maximum absolute atomic E-state index is 12.0. The van der Waals surface area contributed by atoms with Gasteiger partial charge in [-0.3, -0.25) is 9.48 Å². The fraction of sp³-hybridized carbons (Fsp3) is 0.0909. The number of anilines is 1. The van der Waals surface area contributed by atoms with Crippen LogP contribution in [0.4, 0.5) is 5.69 Å². The minimum Gasteiger partial charge on any atom is -0.318 e. The van der Waals surface area contributed by atoms with Crippen LogP contribution in [-0.4, -0.2) is 15.7 Å². The van der Waals surface area contributed by atoms with E-state index in [9.17, 15) is 4.79 Å². The molecule has 4 nitrogen and oxygen atoms in total. The van der Waals surface area contributed by atoms with Crippen molar-refractivity contribution in [1.29, 1.82) is 0 Å². The van der Waals surface area contributed by atoms with Crippen LogP contribution < -0.4 is 5.32 Å². The van der Waals surface area contributed by atoms with Gasteiger partial charge in [0.2, 0.25) is 0 Å². The van der Waals surface area contributed by atoms with Gasteiger partial charge in [0.15, 0.2) is 0 Å². The van der Waals surface area contributed by atoms with Crippen molar-refractivity contribution in [1.82, 2.24) is 9.78 Å². The number of benzene rings is 1. The molecule has 1 heterocycles. The maximum Gasteiger partial charge on any atom is 0.275 e. The molecule has 0 fully saturated rings. The monoisotopic (exact) mass is 303 g/mol. The number of carbonyl (C=O) groups excluding carboxylic acids is 1. The van der Waals surface area contributed by atoms with Crippen LogP contribution in [0.5, 0.6) is 0 Å². The molecule has 0 saturated carbocycles. The van der Waals surface area contributed by atoms with E-state index in [-0.39, 0.29) is 10.7 Å². The van der Waals surface area contributed by atoms with Gasteiger partial charge in [-0.25, -0.2) is 0 Å². The van der Waals surface area contributed by atoms with Crippen molar-refractivity contribution in [2.45, 2.75) is 0 Å². The predicted molar refractivity (Wildman–Crippen MR) is 72.6 cm³/mol. The number of nitrogens with one attached hydrogen (secondary N) is 1. The van der Waals surface area contributed by atoms with Gasteiger partial charge in [0.1, 0.15) is 5.69 Å². The van der Waals surface area contributed by atoms with Crippen molar-refractivity contribution in [3.63, 3.8) is 0 Å². The highest BCUT2D eigenvalue weighted by molar-refractivity contribution is 6.40. The zero-order chi connectivity index (χ0) is 13.3. The lowest BCUT2D eigenvalue weighted by Gasteiger charge is -2.09. The van der Waals surface area contributed by atoms with Gasteiger partial charge in [0.05, 0.1) is 27.0 Å². The summed E-state index contributed by atoms with van der Waals surface area (Å²) in [6.07, 6.45) is 1.39. The second kappa shape index (κ2) is 5.18. The minimum absolute atomic E-state index is 0.243. The first-order valence-corrected chi connectivity index (χ1v) is 6.07. The van der Waals surface area contributed by atoms with Gasteiger partial charge in [-0.1, -0.05) is 40.9 Å². The largest absolute Gasteiger partial charge is 0.318 e. The number of nitrogens with zero attached hydrogens (tertiary/aromatic N) is 2. The van der Waals surface area contributed by atoms with E-state index in [1.54, 1.807) is 25.2 Å². The lowest BCUT2D eigenvalue weighted by Crippen LogP contribution is -2.17. The zero-order valence-corrected chi connectivity index (χ0v) is 11.5. The van der Waals surface area contributed by atoms with Crippen molar-refractivity contribution in [3.05, 3.63) is 45.2 Å². The molecule has 1 amide bonds. The Kier molecular flexibility index (Phi) is 3.80. The average Bonchev–Trinajstić information content (AvgIpc) is 2.64. The summed E-state index contributed by atoms with van der Waals surface area (Å²) >= 11 is 17.8. The zero-order valence-electron chi connectivity index (χ0n) is 9.25. The number of aromatic nitrogens is 2. The number of carbonyl (C=O) groups is 1. The quantitative estimate of drug-likeness (QED) is 0.921. The molecule has 0 radical (unpaired) electrons. The molecule has 2 aromatic rings. The van der Waals surface area contributed by atoms with Crippen molar-refractivity contribution >= 4 is 46.4 Å². The molecule has 1 aromatic heterocycles. The summed E-state index contributed by atoms with van der Waals surface area (Å²) in [7, 11) is 1.62. The fourth-order valence-electron chi connectivity index (χ4n) is 1.46. The molecular weight excluding hydrogens is 296 g/mol. The normalized spacial score (nSPS) is 10.4. The molecule has 0 saturated heterocycles. The van der Waals surface area contributed by atoms with E-state index >= 15 is 0 Å². The van der Waals surface area contributed by atoms with Gasteiger partial charge in [-0.15, -0.1) is 0 Å². The van der Waals surface area contributed by atoms with Crippen molar-refractivity contribution in [2.75, 3.05) is 5.32 Å². The Hall–Kier alpha value is -1.23. The van der Waals surface area contributed by atoms with Crippen LogP contribution in [0.1, 0.15) is 10.5 Å². The first kappa shape index (κ1) is 13.2. The minimum atomic E-state index is -0.421. The van der Waals surface area contributed by atoms with E-state index in [4.69, 9.17) is 34.8 Å². The highest BCUT2D eigenvalue weighted by Gasteiger charge is 2.17. The number of amides is 1. The van der Waals surface area contributed by atoms with Crippen LogP contribution >= 0.6 is 34.8 Å². The summed E-state index contributed by atoms with van der Waals surface area (Å²) < 4.78 is 1.38. The smallest absolute Gasteiger partial charge is 0.275 e. The molecule has 0 spiro atoms. The van der Waals surface area contributed by atoms with E-state index in [0.717, 1.165) is 0 Å². The van der Waals surface area contributed by atoms with Crippen LogP contribution in [0.3, 0.4) is 0 Å². The summed E-state index contributed by atoms with van der Waals surface area (Å²) in [6.45, 7) is 0. The van der Waals surface area contributed by atoms with Gasteiger partial charge < -0.3 is 5.32 Å². The second-order valence-electron chi connectivity index (χ2n) is 3.52. The molecule has 2 rings (SSSR count). The average molecular weight is 305 g/mol. The van der Waals surface area contributed by atoms with Crippen LogP contribution in [-0.2, 0) is 7.05 Å². The van der Waals surface area contributed by atoms with Crippen molar-refractivity contribution < 1.29 is 4.79 Å². The van der Waals surface area contributed by atoms with Gasteiger partial charge >= 0.3 is 0 Å². The van der Waals surface area contributed by atoms with E-state index in [1.807, 2.05) is 0 Å². The molecule has 1 N–H and O–H groups in total. The Morgan fingerprint density at radius 3 is 2.33 bits per heavy atom. The third-order valence-electron chi connectivity index (χ3n) is 2.31. The topological polar surface area (TPSA) is 46.9 Å². The first-order valence-electron chi connectivity index (χ1n) is 4.93. The van der Waals surface area contributed by atoms with Gasteiger partial charge in [0, 0.05) is 7.05 Å². The summed E-state index contributed by atoms with van der Waals surface area (Å²) in [6, 6.07) is 4.96. The number of hydrogen-bond donors (Lipinski definition) is 1. The molecule has 7 heteroatoms. The third-order valence-corrected chi connectivity index (χ3v) is 3.22. The summed E-state index contributed by atoms with van der Waals surface area (Å²) in [5.74, 6) is -0.421. The molecular formula is C11H8Cl3N3O. The van der Waals surface area contributed by atoms with Gasteiger partial charge in [0.25, 0.3) is 5.91 Å². The molecule has 0 aliphatic heterocycles. The van der Waals surface area contributed by atoms with Crippen LogP contribution in [0.25, 0.3) is 0 Å². The Morgan fingerprint density at radius 1 is 1.22 bits per heavy atom. The number of hydrogen-bond acceptors (Lipinski definition) is 2.